The van der Waals surface area contributed by atoms with E-state index in [1.165, 1.54) is 24.5 Å². The van der Waals surface area contributed by atoms with Crippen molar-refractivity contribution in [1.82, 2.24) is 15.0 Å². The maximum Gasteiger partial charge on any atom is 0.264 e. The van der Waals surface area contributed by atoms with Crippen LogP contribution in [0.5, 0.6) is 0 Å². The molecule has 8 heteroatoms. The number of pyridine rings is 1. The Hall–Kier alpha value is -3.52. The van der Waals surface area contributed by atoms with Gasteiger partial charge in [-0.3, -0.25) is 4.98 Å². The maximum absolute atomic E-state index is 12.5. The minimum atomic E-state index is -3.76. The number of fused-ring (bicyclic) bond motifs is 1. The molecule has 2 N–H and O–H groups in total. The molecule has 2 heterocycles. The first-order chi connectivity index (χ1) is 13.9. The minimum Gasteiger partial charge on any atom is -0.355 e. The van der Waals surface area contributed by atoms with Crippen LogP contribution < -0.4 is 10.0 Å². The van der Waals surface area contributed by atoms with Crippen LogP contribution in [0.2, 0.25) is 0 Å². The van der Waals surface area contributed by atoms with Crippen LogP contribution in [0.3, 0.4) is 0 Å². The van der Waals surface area contributed by atoms with E-state index in [0.717, 1.165) is 33.5 Å². The SMILES string of the molecule is Cc1cc(Nc2ccc(S(=O)(=O)Nc3ncccn3)cc2)c2cccc(C)c2n1. The summed E-state index contributed by atoms with van der Waals surface area (Å²) >= 11 is 0. The summed E-state index contributed by atoms with van der Waals surface area (Å²) in [7, 11) is -3.76. The zero-order valence-corrected chi connectivity index (χ0v) is 16.7. The lowest BCUT2D eigenvalue weighted by Crippen LogP contribution is -2.14. The molecule has 2 aromatic heterocycles. The maximum atomic E-state index is 12.5. The van der Waals surface area contributed by atoms with E-state index in [4.69, 9.17) is 0 Å². The average molecular weight is 405 g/mol. The van der Waals surface area contributed by atoms with E-state index in [2.05, 4.69) is 25.0 Å². The van der Waals surface area contributed by atoms with Crippen LogP contribution in [0.15, 0.2) is 71.9 Å². The number of sulfonamides is 1. The summed E-state index contributed by atoms with van der Waals surface area (Å²) in [5.74, 6) is 0.0313. The normalized spacial score (nSPS) is 11.4. The first-order valence-corrected chi connectivity index (χ1v) is 10.4. The molecule has 0 aliphatic heterocycles. The molecule has 0 atom stereocenters. The summed E-state index contributed by atoms with van der Waals surface area (Å²) in [6, 6.07) is 16.1. The molecule has 0 aliphatic rings. The number of anilines is 3. The fourth-order valence-corrected chi connectivity index (χ4v) is 3.99. The molecule has 146 valence electrons. The molecule has 0 fully saturated rings. The highest BCUT2D eigenvalue weighted by Crippen LogP contribution is 2.28. The van der Waals surface area contributed by atoms with Crippen LogP contribution in [0.25, 0.3) is 10.9 Å². The number of nitrogens with one attached hydrogen (secondary N) is 2. The van der Waals surface area contributed by atoms with Crippen LogP contribution in [0.1, 0.15) is 11.3 Å². The van der Waals surface area contributed by atoms with Gasteiger partial charge in [0.2, 0.25) is 5.95 Å². The first-order valence-electron chi connectivity index (χ1n) is 8.96. The molecule has 4 aromatic rings. The molecule has 0 saturated heterocycles. The first kappa shape index (κ1) is 18.8. The van der Waals surface area contributed by atoms with E-state index in [0.29, 0.717) is 0 Å². The molecule has 4 rings (SSSR count). The smallest absolute Gasteiger partial charge is 0.264 e. The Labute approximate surface area is 168 Å². The molecule has 0 unspecified atom stereocenters. The third-order valence-corrected chi connectivity index (χ3v) is 5.75. The Morgan fingerprint density at radius 2 is 1.62 bits per heavy atom. The predicted octanol–water partition coefficient (Wildman–Crippen LogP) is 4.19. The van der Waals surface area contributed by atoms with E-state index in [-0.39, 0.29) is 10.8 Å². The molecule has 0 spiro atoms. The Balaban J connectivity index is 1.61. The Morgan fingerprint density at radius 1 is 0.897 bits per heavy atom. The summed E-state index contributed by atoms with van der Waals surface area (Å²) in [5.41, 5.74) is 4.64. The standard InChI is InChI=1S/C21H19N5O2S/c1-14-5-3-6-18-19(13-15(2)24-20(14)18)25-16-7-9-17(10-8-16)29(27,28)26-21-22-11-4-12-23-21/h3-13H,1-2H3,(H,24,25)(H,22,23,26). The fraction of sp³-hybridized carbons (Fsp3) is 0.0952. The highest BCUT2D eigenvalue weighted by molar-refractivity contribution is 7.92. The largest absolute Gasteiger partial charge is 0.355 e. The van der Waals surface area contributed by atoms with Crippen LogP contribution in [-0.4, -0.2) is 23.4 Å². The Morgan fingerprint density at radius 3 is 2.34 bits per heavy atom. The van der Waals surface area contributed by atoms with E-state index in [1.807, 2.05) is 38.1 Å². The summed E-state index contributed by atoms with van der Waals surface area (Å²) in [5, 5.41) is 4.37. The number of para-hydroxylation sites is 1. The van der Waals surface area contributed by atoms with Crippen LogP contribution in [0.4, 0.5) is 17.3 Å². The summed E-state index contributed by atoms with van der Waals surface area (Å²) < 4.78 is 27.4. The van der Waals surface area contributed by atoms with Gasteiger partial charge in [-0.25, -0.2) is 23.1 Å². The van der Waals surface area contributed by atoms with Gasteiger partial charge >= 0.3 is 0 Å². The molecular formula is C21H19N5O2S. The van der Waals surface area contributed by atoms with E-state index < -0.39 is 10.0 Å². The van der Waals surface area contributed by atoms with Gasteiger partial charge in [0.05, 0.1) is 10.4 Å². The summed E-state index contributed by atoms with van der Waals surface area (Å²) in [4.78, 5) is 12.5. The zero-order valence-electron chi connectivity index (χ0n) is 15.9. The van der Waals surface area contributed by atoms with Crippen LogP contribution in [0, 0.1) is 13.8 Å². The topological polar surface area (TPSA) is 96.9 Å². The van der Waals surface area contributed by atoms with Gasteiger partial charge in [0.1, 0.15) is 0 Å². The van der Waals surface area contributed by atoms with E-state index in [1.54, 1.807) is 18.2 Å². The van der Waals surface area contributed by atoms with Crippen molar-refractivity contribution in [3.05, 3.63) is 78.2 Å². The number of hydrogen-bond acceptors (Lipinski definition) is 6. The van der Waals surface area contributed by atoms with Crippen molar-refractivity contribution < 1.29 is 8.42 Å². The molecule has 29 heavy (non-hydrogen) atoms. The third kappa shape index (κ3) is 4.02. The lowest BCUT2D eigenvalue weighted by molar-refractivity contribution is 0.601. The number of hydrogen-bond donors (Lipinski definition) is 2. The molecule has 0 saturated carbocycles. The van der Waals surface area contributed by atoms with Crippen LogP contribution in [-0.2, 0) is 10.0 Å². The van der Waals surface area contributed by atoms with Gasteiger partial charge in [0, 0.05) is 34.8 Å². The molecular weight excluding hydrogens is 386 g/mol. The molecule has 7 nitrogen and oxygen atoms in total. The highest BCUT2D eigenvalue weighted by atomic mass is 32.2. The number of benzene rings is 2. The number of aromatic nitrogens is 3. The van der Waals surface area contributed by atoms with Crippen molar-refractivity contribution in [2.24, 2.45) is 0 Å². The lowest BCUT2D eigenvalue weighted by Gasteiger charge is -2.13. The fourth-order valence-electron chi connectivity index (χ4n) is 3.03. The van der Waals surface area contributed by atoms with Crippen molar-refractivity contribution in [1.29, 1.82) is 0 Å². The summed E-state index contributed by atoms with van der Waals surface area (Å²) in [6.45, 7) is 3.98. The average Bonchev–Trinajstić information content (AvgIpc) is 2.70. The molecule has 0 aliphatic carbocycles. The van der Waals surface area contributed by atoms with Gasteiger partial charge < -0.3 is 5.32 Å². The van der Waals surface area contributed by atoms with Crippen molar-refractivity contribution >= 4 is 38.2 Å². The third-order valence-electron chi connectivity index (χ3n) is 4.40. The highest BCUT2D eigenvalue weighted by Gasteiger charge is 2.15. The quantitative estimate of drug-likeness (QED) is 0.517. The number of aryl methyl sites for hydroxylation is 2. The molecule has 0 bridgehead atoms. The van der Waals surface area contributed by atoms with E-state index >= 15 is 0 Å². The van der Waals surface area contributed by atoms with E-state index in [9.17, 15) is 8.42 Å². The van der Waals surface area contributed by atoms with Gasteiger partial charge in [-0.15, -0.1) is 0 Å². The van der Waals surface area contributed by atoms with Gasteiger partial charge in [-0.1, -0.05) is 18.2 Å². The Bertz CT molecular complexity index is 1270. The lowest BCUT2D eigenvalue weighted by atomic mass is 10.1. The molecule has 0 radical (unpaired) electrons. The van der Waals surface area contributed by atoms with Gasteiger partial charge in [-0.2, -0.15) is 0 Å². The monoisotopic (exact) mass is 405 g/mol. The predicted molar refractivity (Wildman–Crippen MR) is 114 cm³/mol. The van der Waals surface area contributed by atoms with Crippen molar-refractivity contribution in [3.8, 4) is 0 Å². The van der Waals surface area contributed by atoms with Gasteiger partial charge in [-0.05, 0) is 55.8 Å². The number of nitrogens with zero attached hydrogens (tertiary/aromatic N) is 3. The van der Waals surface area contributed by atoms with Crippen molar-refractivity contribution in [2.75, 3.05) is 10.0 Å². The Kier molecular flexibility index (Phi) is 4.85. The van der Waals surface area contributed by atoms with Crippen molar-refractivity contribution in [2.45, 2.75) is 18.7 Å². The number of rotatable bonds is 5. The second kappa shape index (κ2) is 7.48. The molecule has 0 amide bonds. The zero-order chi connectivity index (χ0) is 20.4. The van der Waals surface area contributed by atoms with Gasteiger partial charge in [0.25, 0.3) is 10.0 Å². The molecule has 2 aromatic carbocycles. The minimum absolute atomic E-state index is 0.0313. The van der Waals surface area contributed by atoms with Crippen LogP contribution >= 0.6 is 0 Å². The second-order valence-corrected chi connectivity index (χ2v) is 8.29. The van der Waals surface area contributed by atoms with Crippen molar-refractivity contribution in [3.63, 3.8) is 0 Å². The second-order valence-electron chi connectivity index (χ2n) is 6.61. The summed E-state index contributed by atoms with van der Waals surface area (Å²) in [6.07, 6.45) is 2.95. The van der Waals surface area contributed by atoms with Gasteiger partial charge in [0.15, 0.2) is 0 Å².